The highest BCUT2D eigenvalue weighted by atomic mass is 16.5. The maximum absolute atomic E-state index is 12.2. The van der Waals surface area contributed by atoms with Crippen LogP contribution >= 0.6 is 0 Å². The van der Waals surface area contributed by atoms with Crippen molar-refractivity contribution in [1.82, 2.24) is 10.6 Å². The Morgan fingerprint density at radius 3 is 3.15 bits per heavy atom. The first kappa shape index (κ1) is 13.2. The molecule has 4 heteroatoms. The highest BCUT2D eigenvalue weighted by molar-refractivity contribution is 5.79. The smallest absolute Gasteiger partial charge is 0.227 e. The number of rotatable bonds is 3. The van der Waals surface area contributed by atoms with E-state index in [1.807, 2.05) is 24.3 Å². The molecule has 0 fully saturated rings. The van der Waals surface area contributed by atoms with Crippen LogP contribution in [0.25, 0.3) is 0 Å². The fourth-order valence-corrected chi connectivity index (χ4v) is 2.67. The van der Waals surface area contributed by atoms with Gasteiger partial charge in [-0.1, -0.05) is 29.8 Å². The van der Waals surface area contributed by atoms with Gasteiger partial charge in [-0.2, -0.15) is 0 Å². The number of benzene rings is 1. The van der Waals surface area contributed by atoms with Crippen LogP contribution in [0.1, 0.15) is 12.0 Å². The van der Waals surface area contributed by atoms with Crippen molar-refractivity contribution in [2.45, 2.75) is 12.8 Å². The number of carbonyl (C=O) groups is 1. The summed E-state index contributed by atoms with van der Waals surface area (Å²) >= 11 is 0. The summed E-state index contributed by atoms with van der Waals surface area (Å²) in [5.41, 5.74) is 2.44. The van der Waals surface area contributed by atoms with Crippen LogP contribution in [0.4, 0.5) is 0 Å². The highest BCUT2D eigenvalue weighted by Crippen LogP contribution is 2.26. The predicted octanol–water partition coefficient (Wildman–Crippen LogP) is 1.27. The Labute approximate surface area is 119 Å². The summed E-state index contributed by atoms with van der Waals surface area (Å²) in [5.74, 6) is 0.934. The first-order chi connectivity index (χ1) is 9.83. The number of nitrogens with one attached hydrogen (secondary N) is 2. The fourth-order valence-electron chi connectivity index (χ4n) is 2.67. The van der Waals surface area contributed by atoms with E-state index >= 15 is 0 Å². The minimum atomic E-state index is -0.0767. The van der Waals surface area contributed by atoms with Gasteiger partial charge in [0.15, 0.2) is 0 Å². The number of para-hydroxylation sites is 1. The van der Waals surface area contributed by atoms with Crippen molar-refractivity contribution in [3.63, 3.8) is 0 Å². The summed E-state index contributed by atoms with van der Waals surface area (Å²) in [7, 11) is 0. The lowest BCUT2D eigenvalue weighted by Gasteiger charge is -2.25. The van der Waals surface area contributed by atoms with Crippen molar-refractivity contribution in [2.24, 2.45) is 5.92 Å². The number of hydrogen-bond acceptors (Lipinski definition) is 3. The highest BCUT2D eigenvalue weighted by Gasteiger charge is 2.25. The third-order valence-corrected chi connectivity index (χ3v) is 3.90. The molecule has 0 bridgehead atoms. The van der Waals surface area contributed by atoms with Crippen LogP contribution in [0.5, 0.6) is 5.75 Å². The monoisotopic (exact) mass is 272 g/mol. The second kappa shape index (κ2) is 6.09. The third-order valence-electron chi connectivity index (χ3n) is 3.90. The van der Waals surface area contributed by atoms with Crippen LogP contribution in [0, 0.1) is 5.92 Å². The Kier molecular flexibility index (Phi) is 4.02. The van der Waals surface area contributed by atoms with E-state index in [0.717, 1.165) is 37.2 Å². The fraction of sp³-hybridized carbons (Fsp3) is 0.438. The molecule has 2 aliphatic rings. The molecule has 1 aromatic rings. The molecule has 2 N–H and O–H groups in total. The molecule has 0 aromatic heterocycles. The van der Waals surface area contributed by atoms with Crippen LogP contribution in [-0.4, -0.2) is 32.1 Å². The number of carbonyl (C=O) groups excluding carboxylic acids is 1. The van der Waals surface area contributed by atoms with E-state index in [1.165, 1.54) is 5.57 Å². The molecule has 2 aliphatic heterocycles. The van der Waals surface area contributed by atoms with E-state index in [4.69, 9.17) is 4.74 Å². The van der Waals surface area contributed by atoms with Gasteiger partial charge >= 0.3 is 0 Å². The molecule has 1 atom stereocenters. The molecule has 0 aliphatic carbocycles. The molecule has 1 aromatic carbocycles. The largest absolute Gasteiger partial charge is 0.492 e. The molecule has 0 radical (unpaired) electrons. The molecule has 2 heterocycles. The second-order valence-electron chi connectivity index (χ2n) is 5.35. The molecule has 0 saturated carbocycles. The molecule has 0 saturated heterocycles. The van der Waals surface area contributed by atoms with E-state index in [9.17, 15) is 4.79 Å². The molecular weight excluding hydrogens is 252 g/mol. The van der Waals surface area contributed by atoms with Gasteiger partial charge in [-0.25, -0.2) is 0 Å². The number of ether oxygens (including phenoxy) is 1. The van der Waals surface area contributed by atoms with E-state index in [2.05, 4.69) is 16.7 Å². The van der Waals surface area contributed by atoms with Crippen molar-refractivity contribution < 1.29 is 9.53 Å². The molecule has 1 amide bonds. The van der Waals surface area contributed by atoms with Crippen molar-refractivity contribution in [3.05, 3.63) is 41.5 Å². The first-order valence-electron chi connectivity index (χ1n) is 7.20. The standard InChI is InChI=1S/C16H20N2O2/c19-16(18-10-12-5-7-17-8-6-12)14-9-13-3-1-2-4-15(13)20-11-14/h1-5,14,17H,6-11H2,(H,18,19). The summed E-state index contributed by atoms with van der Waals surface area (Å²) in [6.45, 7) is 3.05. The summed E-state index contributed by atoms with van der Waals surface area (Å²) in [4.78, 5) is 12.2. The molecule has 106 valence electrons. The van der Waals surface area contributed by atoms with Gasteiger partial charge in [-0.05, 0) is 31.0 Å². The van der Waals surface area contributed by atoms with Gasteiger partial charge in [0.2, 0.25) is 5.91 Å². The van der Waals surface area contributed by atoms with E-state index in [1.54, 1.807) is 0 Å². The Balaban J connectivity index is 1.55. The van der Waals surface area contributed by atoms with E-state index in [0.29, 0.717) is 13.2 Å². The van der Waals surface area contributed by atoms with Gasteiger partial charge in [0.25, 0.3) is 0 Å². The van der Waals surface area contributed by atoms with Crippen LogP contribution < -0.4 is 15.4 Å². The van der Waals surface area contributed by atoms with Crippen molar-refractivity contribution in [3.8, 4) is 5.75 Å². The van der Waals surface area contributed by atoms with E-state index in [-0.39, 0.29) is 11.8 Å². The average Bonchev–Trinajstić information content (AvgIpc) is 2.53. The second-order valence-corrected chi connectivity index (χ2v) is 5.35. The lowest BCUT2D eigenvalue weighted by Crippen LogP contribution is -2.38. The van der Waals surface area contributed by atoms with Crippen LogP contribution in [0.2, 0.25) is 0 Å². The average molecular weight is 272 g/mol. The lowest BCUT2D eigenvalue weighted by molar-refractivity contribution is -0.126. The molecule has 4 nitrogen and oxygen atoms in total. The van der Waals surface area contributed by atoms with Crippen LogP contribution in [0.3, 0.4) is 0 Å². The van der Waals surface area contributed by atoms with Crippen LogP contribution in [0.15, 0.2) is 35.9 Å². The van der Waals surface area contributed by atoms with Gasteiger partial charge in [0, 0.05) is 13.1 Å². The molecule has 1 unspecified atom stereocenters. The predicted molar refractivity (Wildman–Crippen MR) is 77.7 cm³/mol. The Hall–Kier alpha value is -1.81. The van der Waals surface area contributed by atoms with Crippen LogP contribution in [-0.2, 0) is 11.2 Å². The molecule has 3 rings (SSSR count). The summed E-state index contributed by atoms with van der Waals surface area (Å²) in [6.07, 6.45) is 3.95. The maximum atomic E-state index is 12.2. The molecular formula is C16H20N2O2. The van der Waals surface area contributed by atoms with Crippen molar-refractivity contribution in [2.75, 3.05) is 26.2 Å². The van der Waals surface area contributed by atoms with Gasteiger partial charge in [-0.15, -0.1) is 0 Å². The van der Waals surface area contributed by atoms with E-state index < -0.39 is 0 Å². The molecule has 0 spiro atoms. The number of hydrogen-bond donors (Lipinski definition) is 2. The quantitative estimate of drug-likeness (QED) is 0.815. The minimum absolute atomic E-state index is 0.0767. The van der Waals surface area contributed by atoms with Gasteiger partial charge in [0.1, 0.15) is 12.4 Å². The molecule has 20 heavy (non-hydrogen) atoms. The van der Waals surface area contributed by atoms with Gasteiger partial charge < -0.3 is 15.4 Å². The van der Waals surface area contributed by atoms with Gasteiger partial charge in [0.05, 0.1) is 5.92 Å². The summed E-state index contributed by atoms with van der Waals surface area (Å²) in [5, 5.41) is 6.31. The third kappa shape index (κ3) is 3.02. The normalized spacial score (nSPS) is 21.4. The maximum Gasteiger partial charge on any atom is 0.227 e. The Morgan fingerprint density at radius 1 is 1.40 bits per heavy atom. The topological polar surface area (TPSA) is 50.4 Å². The first-order valence-corrected chi connectivity index (χ1v) is 7.20. The Bertz CT molecular complexity index is 525. The number of fused-ring (bicyclic) bond motifs is 1. The lowest BCUT2D eigenvalue weighted by atomic mass is 9.96. The van der Waals surface area contributed by atoms with Crippen molar-refractivity contribution >= 4 is 5.91 Å². The zero-order chi connectivity index (χ0) is 13.8. The van der Waals surface area contributed by atoms with Crippen molar-refractivity contribution in [1.29, 1.82) is 0 Å². The zero-order valence-corrected chi connectivity index (χ0v) is 11.5. The van der Waals surface area contributed by atoms with Gasteiger partial charge in [-0.3, -0.25) is 4.79 Å². The number of amides is 1. The summed E-state index contributed by atoms with van der Waals surface area (Å²) in [6, 6.07) is 7.94. The Morgan fingerprint density at radius 2 is 2.30 bits per heavy atom. The SMILES string of the molecule is O=C(NCC1=CCNCC1)C1COc2ccccc2C1. The zero-order valence-electron chi connectivity index (χ0n) is 11.5. The minimum Gasteiger partial charge on any atom is -0.492 e. The summed E-state index contributed by atoms with van der Waals surface area (Å²) < 4.78 is 5.66.